The SMILES string of the molecule is CCN(CC1COc2ccccc2O1)C(=O)COc1ccc(C#N)cc1OC. The highest BCUT2D eigenvalue weighted by atomic mass is 16.6. The Morgan fingerprint density at radius 2 is 2.04 bits per heavy atom. The summed E-state index contributed by atoms with van der Waals surface area (Å²) < 4.78 is 22.5. The largest absolute Gasteiger partial charge is 0.493 e. The maximum Gasteiger partial charge on any atom is 0.260 e. The fraction of sp³-hybridized carbons (Fsp3) is 0.333. The van der Waals surface area contributed by atoms with E-state index in [1.165, 1.54) is 7.11 Å². The lowest BCUT2D eigenvalue weighted by Crippen LogP contribution is -2.45. The van der Waals surface area contributed by atoms with E-state index in [2.05, 4.69) is 0 Å². The van der Waals surface area contributed by atoms with Gasteiger partial charge in [-0.25, -0.2) is 0 Å². The zero-order valence-corrected chi connectivity index (χ0v) is 15.9. The Labute approximate surface area is 164 Å². The van der Waals surface area contributed by atoms with Crippen LogP contribution in [0.1, 0.15) is 12.5 Å². The second-order valence-electron chi connectivity index (χ2n) is 6.20. The van der Waals surface area contributed by atoms with Gasteiger partial charge in [-0.05, 0) is 31.2 Å². The molecule has 0 saturated heterocycles. The van der Waals surface area contributed by atoms with Crippen LogP contribution in [0.15, 0.2) is 42.5 Å². The number of hydrogen-bond donors (Lipinski definition) is 0. The summed E-state index contributed by atoms with van der Waals surface area (Å²) >= 11 is 0. The minimum Gasteiger partial charge on any atom is -0.493 e. The van der Waals surface area contributed by atoms with Crippen LogP contribution in [0.2, 0.25) is 0 Å². The van der Waals surface area contributed by atoms with Crippen molar-refractivity contribution in [2.75, 3.05) is 33.4 Å². The first kappa shape index (κ1) is 19.4. The Morgan fingerprint density at radius 3 is 2.75 bits per heavy atom. The molecule has 1 heterocycles. The van der Waals surface area contributed by atoms with Crippen molar-refractivity contribution in [2.24, 2.45) is 0 Å². The Kier molecular flexibility index (Phi) is 6.22. The van der Waals surface area contributed by atoms with Crippen molar-refractivity contribution >= 4 is 5.91 Å². The molecule has 7 nitrogen and oxygen atoms in total. The van der Waals surface area contributed by atoms with Crippen LogP contribution in [0.5, 0.6) is 23.0 Å². The van der Waals surface area contributed by atoms with Crippen molar-refractivity contribution in [3.63, 3.8) is 0 Å². The van der Waals surface area contributed by atoms with Crippen LogP contribution in [-0.2, 0) is 4.79 Å². The van der Waals surface area contributed by atoms with Gasteiger partial charge in [0.15, 0.2) is 35.7 Å². The quantitative estimate of drug-likeness (QED) is 0.732. The molecular weight excluding hydrogens is 360 g/mol. The molecule has 1 unspecified atom stereocenters. The van der Waals surface area contributed by atoms with Gasteiger partial charge in [0.1, 0.15) is 6.61 Å². The number of carbonyl (C=O) groups is 1. The number of fused-ring (bicyclic) bond motifs is 1. The fourth-order valence-electron chi connectivity index (χ4n) is 2.89. The van der Waals surface area contributed by atoms with E-state index >= 15 is 0 Å². The number of nitriles is 1. The smallest absolute Gasteiger partial charge is 0.260 e. The van der Waals surface area contributed by atoms with Crippen LogP contribution in [0.3, 0.4) is 0 Å². The summed E-state index contributed by atoms with van der Waals surface area (Å²) in [5.74, 6) is 2.05. The van der Waals surface area contributed by atoms with Gasteiger partial charge < -0.3 is 23.8 Å². The third kappa shape index (κ3) is 4.46. The zero-order valence-electron chi connectivity index (χ0n) is 15.9. The molecule has 0 aromatic heterocycles. The molecule has 0 radical (unpaired) electrons. The van der Waals surface area contributed by atoms with E-state index in [0.717, 1.165) is 0 Å². The molecule has 146 valence electrons. The van der Waals surface area contributed by atoms with Gasteiger partial charge in [-0.2, -0.15) is 5.26 Å². The first-order chi connectivity index (χ1) is 13.6. The first-order valence-corrected chi connectivity index (χ1v) is 9.01. The van der Waals surface area contributed by atoms with Gasteiger partial charge >= 0.3 is 0 Å². The molecule has 1 aliphatic heterocycles. The number of amides is 1. The predicted molar refractivity (Wildman–Crippen MR) is 102 cm³/mol. The van der Waals surface area contributed by atoms with E-state index in [1.807, 2.05) is 37.3 Å². The van der Waals surface area contributed by atoms with Gasteiger partial charge in [0, 0.05) is 12.6 Å². The Hall–Kier alpha value is -3.40. The second kappa shape index (κ2) is 9.00. The van der Waals surface area contributed by atoms with Crippen LogP contribution in [0.4, 0.5) is 0 Å². The molecule has 0 spiro atoms. The summed E-state index contributed by atoms with van der Waals surface area (Å²) in [6.45, 7) is 3.06. The number of hydrogen-bond acceptors (Lipinski definition) is 6. The molecule has 7 heteroatoms. The summed E-state index contributed by atoms with van der Waals surface area (Å²) in [5.41, 5.74) is 0.459. The number of rotatable bonds is 7. The fourth-order valence-corrected chi connectivity index (χ4v) is 2.89. The van der Waals surface area contributed by atoms with Crippen LogP contribution in [-0.4, -0.2) is 50.3 Å². The molecular formula is C21H22N2O5. The summed E-state index contributed by atoms with van der Waals surface area (Å²) in [6.07, 6.45) is -0.247. The first-order valence-electron chi connectivity index (χ1n) is 9.01. The standard InChI is InChI=1S/C21H22N2O5/c1-3-23(12-16-13-26-17-6-4-5-7-19(17)28-16)21(24)14-27-18-9-8-15(11-22)10-20(18)25-2/h4-10,16H,3,12-14H2,1-2H3. The normalized spacial score (nSPS) is 14.7. The highest BCUT2D eigenvalue weighted by molar-refractivity contribution is 5.78. The zero-order chi connectivity index (χ0) is 19.9. The monoisotopic (exact) mass is 382 g/mol. The van der Waals surface area contributed by atoms with Gasteiger partial charge in [-0.15, -0.1) is 0 Å². The van der Waals surface area contributed by atoms with Crippen LogP contribution < -0.4 is 18.9 Å². The van der Waals surface area contributed by atoms with Gasteiger partial charge in [-0.3, -0.25) is 4.79 Å². The minimum absolute atomic E-state index is 0.139. The van der Waals surface area contributed by atoms with Crippen molar-refractivity contribution in [1.29, 1.82) is 5.26 Å². The Bertz CT molecular complexity index is 877. The highest BCUT2D eigenvalue weighted by Gasteiger charge is 2.25. The minimum atomic E-state index is -0.247. The van der Waals surface area contributed by atoms with Crippen molar-refractivity contribution in [3.8, 4) is 29.1 Å². The number of likely N-dealkylation sites (N-methyl/N-ethyl adjacent to an activating group) is 1. The number of benzene rings is 2. The van der Waals surface area contributed by atoms with Gasteiger partial charge in [-0.1, -0.05) is 12.1 Å². The topological polar surface area (TPSA) is 81.0 Å². The van der Waals surface area contributed by atoms with Crippen molar-refractivity contribution in [2.45, 2.75) is 13.0 Å². The lowest BCUT2D eigenvalue weighted by Gasteiger charge is -2.30. The summed E-state index contributed by atoms with van der Waals surface area (Å²) in [5, 5.41) is 8.96. The number of carbonyl (C=O) groups excluding carboxylic acids is 1. The molecule has 0 saturated carbocycles. The molecule has 0 fully saturated rings. The Morgan fingerprint density at radius 1 is 1.25 bits per heavy atom. The number of methoxy groups -OCH3 is 1. The predicted octanol–water partition coefficient (Wildman–Crippen LogP) is 2.63. The number of para-hydroxylation sites is 2. The van der Waals surface area contributed by atoms with E-state index in [-0.39, 0.29) is 18.6 Å². The Balaban J connectivity index is 1.58. The molecule has 0 aliphatic carbocycles. The molecule has 2 aromatic rings. The number of ether oxygens (including phenoxy) is 4. The third-order valence-electron chi connectivity index (χ3n) is 4.37. The highest BCUT2D eigenvalue weighted by Crippen LogP contribution is 2.31. The molecule has 0 bridgehead atoms. The van der Waals surface area contributed by atoms with Crippen LogP contribution in [0.25, 0.3) is 0 Å². The molecule has 3 rings (SSSR count). The maximum absolute atomic E-state index is 12.6. The average Bonchev–Trinajstić information content (AvgIpc) is 2.75. The van der Waals surface area contributed by atoms with Gasteiger partial charge in [0.05, 0.1) is 25.3 Å². The second-order valence-corrected chi connectivity index (χ2v) is 6.20. The lowest BCUT2D eigenvalue weighted by molar-refractivity contribution is -0.134. The third-order valence-corrected chi connectivity index (χ3v) is 4.37. The van der Waals surface area contributed by atoms with E-state index < -0.39 is 0 Å². The van der Waals surface area contributed by atoms with E-state index in [1.54, 1.807) is 23.1 Å². The van der Waals surface area contributed by atoms with Crippen LogP contribution in [0, 0.1) is 11.3 Å². The molecule has 2 aromatic carbocycles. The van der Waals surface area contributed by atoms with Gasteiger partial charge in [0.25, 0.3) is 5.91 Å². The van der Waals surface area contributed by atoms with Gasteiger partial charge in [0.2, 0.25) is 0 Å². The summed E-state index contributed by atoms with van der Waals surface area (Å²) in [4.78, 5) is 14.3. The van der Waals surface area contributed by atoms with Crippen molar-refractivity contribution < 1.29 is 23.7 Å². The summed E-state index contributed by atoms with van der Waals surface area (Å²) in [7, 11) is 1.49. The molecule has 1 amide bonds. The number of nitrogens with zero attached hydrogens (tertiary/aromatic N) is 2. The van der Waals surface area contributed by atoms with E-state index in [0.29, 0.717) is 48.3 Å². The maximum atomic E-state index is 12.6. The van der Waals surface area contributed by atoms with Crippen LogP contribution >= 0.6 is 0 Å². The molecule has 0 N–H and O–H groups in total. The van der Waals surface area contributed by atoms with E-state index in [9.17, 15) is 4.79 Å². The van der Waals surface area contributed by atoms with E-state index in [4.69, 9.17) is 24.2 Å². The average molecular weight is 382 g/mol. The molecule has 1 aliphatic rings. The molecule has 28 heavy (non-hydrogen) atoms. The lowest BCUT2D eigenvalue weighted by atomic mass is 10.2. The van der Waals surface area contributed by atoms with Crippen molar-refractivity contribution in [1.82, 2.24) is 4.90 Å². The summed E-state index contributed by atoms with van der Waals surface area (Å²) in [6, 6.07) is 14.3. The van der Waals surface area contributed by atoms with Crippen molar-refractivity contribution in [3.05, 3.63) is 48.0 Å². The molecule has 1 atom stereocenters.